The quantitative estimate of drug-likeness (QED) is 0.231. The maximum Gasteiger partial charge on any atom is 0.587 e. The lowest BCUT2D eigenvalue weighted by Crippen LogP contribution is -2.35. The summed E-state index contributed by atoms with van der Waals surface area (Å²) >= 11 is 0. The molecule has 5 rings (SSSR count). The van der Waals surface area contributed by atoms with Crippen LogP contribution in [0, 0.1) is 11.8 Å². The summed E-state index contributed by atoms with van der Waals surface area (Å²) < 4.78 is 35.9. The summed E-state index contributed by atoms with van der Waals surface area (Å²) in [6.07, 6.45) is 4.61. The second-order valence-corrected chi connectivity index (χ2v) is 10.7. The van der Waals surface area contributed by atoms with Gasteiger partial charge in [-0.05, 0) is 49.9 Å². The lowest BCUT2D eigenvalue weighted by Gasteiger charge is -2.19. The molecule has 35 heavy (non-hydrogen) atoms. The zero-order valence-corrected chi connectivity index (χ0v) is 20.4. The summed E-state index contributed by atoms with van der Waals surface area (Å²) in [7, 11) is -3.88. The number of phosphoric ester groups is 1. The molecule has 3 saturated heterocycles. The van der Waals surface area contributed by atoms with E-state index in [0.717, 1.165) is 32.1 Å². The maximum atomic E-state index is 13.3. The molecular formula is C26H30NO7P. The second kappa shape index (κ2) is 10.5. The third-order valence-electron chi connectivity index (χ3n) is 6.82. The minimum Gasteiger partial charge on any atom is -0.395 e. The number of carbonyl (C=O) groups is 2. The molecule has 2 aromatic carbocycles. The summed E-state index contributed by atoms with van der Waals surface area (Å²) in [5.74, 6) is 0.141. The Kier molecular flexibility index (Phi) is 7.23. The van der Waals surface area contributed by atoms with Crippen LogP contribution in [0.1, 0.15) is 38.5 Å². The average Bonchev–Trinajstić information content (AvgIpc) is 3.54. The van der Waals surface area contributed by atoms with Gasteiger partial charge in [0.25, 0.3) is 0 Å². The minimum atomic E-state index is -3.88. The fraction of sp³-hybridized carbons (Fsp3) is 0.462. The number of hydrogen-bond donors (Lipinski definition) is 0. The molecule has 3 fully saturated rings. The zero-order valence-electron chi connectivity index (χ0n) is 19.5. The number of nitrogens with zero attached hydrogens (tertiary/aromatic N) is 1. The molecule has 0 unspecified atom stereocenters. The lowest BCUT2D eigenvalue weighted by molar-refractivity contribution is -0.142. The zero-order chi connectivity index (χ0) is 24.3. The lowest BCUT2D eigenvalue weighted by atomic mass is 9.81. The molecule has 2 bridgehead atoms. The van der Waals surface area contributed by atoms with Gasteiger partial charge in [-0.2, -0.15) is 0 Å². The van der Waals surface area contributed by atoms with Gasteiger partial charge in [0.15, 0.2) is 0 Å². The molecule has 4 atom stereocenters. The van der Waals surface area contributed by atoms with Crippen LogP contribution in [0.25, 0.3) is 0 Å². The molecule has 0 spiro atoms. The first kappa shape index (κ1) is 24.0. The van der Waals surface area contributed by atoms with E-state index in [9.17, 15) is 14.2 Å². The summed E-state index contributed by atoms with van der Waals surface area (Å²) in [5, 5.41) is 0. The highest BCUT2D eigenvalue weighted by molar-refractivity contribution is 7.49. The number of phosphoric acid groups is 1. The van der Waals surface area contributed by atoms with E-state index in [1.807, 2.05) is 12.1 Å². The number of ether oxygens (including phenoxy) is 1. The van der Waals surface area contributed by atoms with Crippen molar-refractivity contribution < 1.29 is 32.5 Å². The van der Waals surface area contributed by atoms with Crippen molar-refractivity contribution in [1.82, 2.24) is 4.90 Å². The van der Waals surface area contributed by atoms with E-state index in [1.54, 1.807) is 48.5 Å². The fourth-order valence-electron chi connectivity index (χ4n) is 5.19. The van der Waals surface area contributed by atoms with Gasteiger partial charge in [0, 0.05) is 6.54 Å². The van der Waals surface area contributed by atoms with Crippen molar-refractivity contribution in [2.24, 2.45) is 11.8 Å². The Hall–Kier alpha value is -2.67. The molecule has 3 aliphatic heterocycles. The highest BCUT2D eigenvalue weighted by Crippen LogP contribution is 2.50. The number of fused-ring (bicyclic) bond motifs is 5. The first-order valence-electron chi connectivity index (χ1n) is 12.3. The van der Waals surface area contributed by atoms with Gasteiger partial charge in [0.2, 0.25) is 11.8 Å². The molecule has 3 aliphatic rings. The SMILES string of the molecule is O=C1[C@@H]2[C@H](C(=O)N1CCCCCCOP(=O)(Oc1ccccc1)Oc1ccccc1)[C@H]1CC[C@@H]2O1. The van der Waals surface area contributed by atoms with Crippen LogP contribution in [-0.4, -0.2) is 42.1 Å². The van der Waals surface area contributed by atoms with Crippen LogP contribution in [0.15, 0.2) is 60.7 Å². The van der Waals surface area contributed by atoms with E-state index in [4.69, 9.17) is 18.3 Å². The molecule has 0 aromatic heterocycles. The number of benzene rings is 2. The van der Waals surface area contributed by atoms with E-state index >= 15 is 0 Å². The van der Waals surface area contributed by atoms with Crippen molar-refractivity contribution in [1.29, 1.82) is 0 Å². The van der Waals surface area contributed by atoms with Crippen LogP contribution < -0.4 is 9.05 Å². The van der Waals surface area contributed by atoms with Crippen molar-refractivity contribution in [3.05, 3.63) is 60.7 Å². The predicted octanol–water partition coefficient (Wildman–Crippen LogP) is 4.99. The third-order valence-corrected chi connectivity index (χ3v) is 8.19. The molecule has 186 valence electrons. The Morgan fingerprint density at radius 1 is 0.771 bits per heavy atom. The molecule has 2 amide bonds. The first-order valence-corrected chi connectivity index (χ1v) is 13.7. The van der Waals surface area contributed by atoms with Crippen molar-refractivity contribution in [2.75, 3.05) is 13.2 Å². The number of rotatable bonds is 12. The van der Waals surface area contributed by atoms with Gasteiger partial charge in [0.05, 0.1) is 30.7 Å². The summed E-state index contributed by atoms with van der Waals surface area (Å²) in [6, 6.07) is 17.6. The number of para-hydroxylation sites is 2. The van der Waals surface area contributed by atoms with Crippen LogP contribution >= 0.6 is 7.82 Å². The van der Waals surface area contributed by atoms with Gasteiger partial charge < -0.3 is 13.8 Å². The Morgan fingerprint density at radius 2 is 1.29 bits per heavy atom. The normalized spacial score (nSPS) is 25.2. The summed E-state index contributed by atoms with van der Waals surface area (Å²) in [6.45, 7) is 0.640. The highest BCUT2D eigenvalue weighted by atomic mass is 31.2. The van der Waals surface area contributed by atoms with Gasteiger partial charge in [-0.25, -0.2) is 4.57 Å². The van der Waals surface area contributed by atoms with Gasteiger partial charge in [-0.15, -0.1) is 0 Å². The molecule has 2 aromatic rings. The van der Waals surface area contributed by atoms with Crippen molar-refractivity contribution in [3.8, 4) is 11.5 Å². The Labute approximate surface area is 205 Å². The van der Waals surface area contributed by atoms with E-state index < -0.39 is 7.82 Å². The summed E-state index contributed by atoms with van der Waals surface area (Å²) in [4.78, 5) is 26.9. The molecule has 9 heteroatoms. The number of carbonyl (C=O) groups excluding carboxylic acids is 2. The van der Waals surface area contributed by atoms with Crippen molar-refractivity contribution >= 4 is 19.6 Å². The van der Waals surface area contributed by atoms with Crippen LogP contribution in [0.2, 0.25) is 0 Å². The molecule has 0 N–H and O–H groups in total. The van der Waals surface area contributed by atoms with Gasteiger partial charge >= 0.3 is 7.82 Å². The van der Waals surface area contributed by atoms with Crippen molar-refractivity contribution in [2.45, 2.75) is 50.7 Å². The molecule has 0 radical (unpaired) electrons. The number of likely N-dealkylation sites (tertiary alicyclic amines) is 1. The van der Waals surface area contributed by atoms with Gasteiger partial charge in [-0.3, -0.25) is 19.0 Å². The minimum absolute atomic E-state index is 0.0624. The van der Waals surface area contributed by atoms with Gasteiger partial charge in [-0.1, -0.05) is 49.2 Å². The van der Waals surface area contributed by atoms with E-state index in [1.165, 1.54) is 4.90 Å². The fourth-order valence-corrected chi connectivity index (χ4v) is 6.44. The number of unbranched alkanes of at least 4 members (excludes halogenated alkanes) is 3. The topological polar surface area (TPSA) is 91.4 Å². The Balaban J connectivity index is 1.06. The van der Waals surface area contributed by atoms with Gasteiger partial charge in [0.1, 0.15) is 11.5 Å². The molecule has 3 heterocycles. The molecule has 0 aliphatic carbocycles. The Morgan fingerprint density at radius 3 is 1.83 bits per heavy atom. The highest BCUT2D eigenvalue weighted by Gasteiger charge is 2.62. The maximum absolute atomic E-state index is 13.3. The van der Waals surface area contributed by atoms with Crippen LogP contribution in [0.3, 0.4) is 0 Å². The number of amides is 2. The molecule has 0 saturated carbocycles. The standard InChI is InChI=1S/C26H30NO7P/c28-25-23-21-15-16-22(32-21)24(23)26(29)27(25)17-9-1-2-10-18-31-35(30,33-19-11-5-3-6-12-19)34-20-13-7-4-8-14-20/h3-8,11-14,21-24H,1-2,9-10,15-18H2/t21-,22+,23-,24+. The van der Waals surface area contributed by atoms with Crippen LogP contribution in [0.5, 0.6) is 11.5 Å². The number of imide groups is 1. The monoisotopic (exact) mass is 499 g/mol. The summed E-state index contributed by atoms with van der Waals surface area (Å²) in [5.41, 5.74) is 0. The van der Waals surface area contributed by atoms with E-state index in [2.05, 4.69) is 0 Å². The molecule has 8 nitrogen and oxygen atoms in total. The largest absolute Gasteiger partial charge is 0.587 e. The number of hydrogen-bond acceptors (Lipinski definition) is 7. The van der Waals surface area contributed by atoms with Crippen LogP contribution in [0.4, 0.5) is 0 Å². The predicted molar refractivity (Wildman–Crippen MR) is 128 cm³/mol. The average molecular weight is 500 g/mol. The Bertz CT molecular complexity index is 1010. The smallest absolute Gasteiger partial charge is 0.395 e. The molecular weight excluding hydrogens is 469 g/mol. The first-order chi connectivity index (χ1) is 17.0. The van der Waals surface area contributed by atoms with Crippen molar-refractivity contribution in [3.63, 3.8) is 0 Å². The van der Waals surface area contributed by atoms with E-state index in [0.29, 0.717) is 24.5 Å². The van der Waals surface area contributed by atoms with E-state index in [-0.39, 0.29) is 42.5 Å². The second-order valence-electron chi connectivity index (χ2n) is 9.17. The third kappa shape index (κ3) is 5.30. The van der Waals surface area contributed by atoms with Crippen LogP contribution in [-0.2, 0) is 23.4 Å².